The van der Waals surface area contributed by atoms with E-state index in [0.29, 0.717) is 23.4 Å². The Morgan fingerprint density at radius 2 is 1.88 bits per heavy atom. The lowest BCUT2D eigenvalue weighted by molar-refractivity contribution is -0.384. The molecular weight excluding hydrogens is 446 g/mol. The molecule has 0 saturated heterocycles. The van der Waals surface area contributed by atoms with Gasteiger partial charge in [-0.25, -0.2) is 9.59 Å². The first kappa shape index (κ1) is 26.4. The second-order valence-electron chi connectivity index (χ2n) is 8.36. The minimum absolute atomic E-state index is 0.0298. The maximum Gasteiger partial charge on any atom is 0.337 e. The molecule has 1 aromatic carbocycles. The predicted octanol–water partition coefficient (Wildman–Crippen LogP) is 3.95. The molecule has 12 heteroatoms. The van der Waals surface area contributed by atoms with E-state index < -0.39 is 28.4 Å². The first-order chi connectivity index (χ1) is 16.0. The summed E-state index contributed by atoms with van der Waals surface area (Å²) in [5, 5.41) is 27.5. The Hall–Kier alpha value is -3.89. The summed E-state index contributed by atoms with van der Waals surface area (Å²) in [5.74, 6) is -3.04. The summed E-state index contributed by atoms with van der Waals surface area (Å²) in [6.45, 7) is 6.87. The van der Waals surface area contributed by atoms with Gasteiger partial charge in [0.25, 0.3) is 5.69 Å². The molecule has 0 aromatic heterocycles. The fraction of sp³-hybridized carbons (Fsp3) is 0.455. The van der Waals surface area contributed by atoms with Gasteiger partial charge in [-0.1, -0.05) is 24.2 Å². The number of nitrogens with one attached hydrogen (secondary N) is 1. The first-order valence-electron chi connectivity index (χ1n) is 10.5. The van der Waals surface area contributed by atoms with Crippen LogP contribution >= 0.6 is 0 Å². The van der Waals surface area contributed by atoms with Gasteiger partial charge < -0.3 is 19.9 Å². The predicted molar refractivity (Wildman–Crippen MR) is 122 cm³/mol. The molecular formula is C22H27N5O7. The van der Waals surface area contributed by atoms with Crippen molar-refractivity contribution in [3.05, 3.63) is 72.9 Å². The highest BCUT2D eigenvalue weighted by Gasteiger charge is 2.40. The number of allylic oxidation sites excluding steroid dienone is 1. The van der Waals surface area contributed by atoms with Crippen molar-refractivity contribution < 1.29 is 29.1 Å². The van der Waals surface area contributed by atoms with Crippen molar-refractivity contribution in [3.8, 4) is 0 Å². The van der Waals surface area contributed by atoms with Gasteiger partial charge in [-0.05, 0) is 38.3 Å². The van der Waals surface area contributed by atoms with E-state index >= 15 is 0 Å². The van der Waals surface area contributed by atoms with E-state index in [9.17, 15) is 24.8 Å². The molecule has 0 amide bonds. The number of ether oxygens (including phenoxy) is 2. The molecule has 34 heavy (non-hydrogen) atoms. The van der Waals surface area contributed by atoms with E-state index in [2.05, 4.69) is 15.3 Å². The molecule has 0 saturated carbocycles. The summed E-state index contributed by atoms with van der Waals surface area (Å²) in [7, 11) is 0. The normalized spacial score (nSPS) is 15.9. The maximum absolute atomic E-state index is 13.3. The second kappa shape index (κ2) is 11.3. The van der Waals surface area contributed by atoms with Gasteiger partial charge >= 0.3 is 11.9 Å². The Morgan fingerprint density at radius 1 is 1.24 bits per heavy atom. The quantitative estimate of drug-likeness (QED) is 0.0975. The van der Waals surface area contributed by atoms with E-state index in [4.69, 9.17) is 15.0 Å². The molecule has 1 atom stereocenters. The van der Waals surface area contributed by atoms with Crippen LogP contribution in [0.5, 0.6) is 0 Å². The van der Waals surface area contributed by atoms with Crippen molar-refractivity contribution in [1.29, 1.82) is 0 Å². The lowest BCUT2D eigenvalue weighted by Crippen LogP contribution is -2.37. The number of hydrogen-bond donors (Lipinski definition) is 2. The number of carboxylic acids is 1. The topological polar surface area (TPSA) is 177 Å². The van der Waals surface area contributed by atoms with Crippen molar-refractivity contribution in [1.82, 2.24) is 5.32 Å². The van der Waals surface area contributed by atoms with Gasteiger partial charge in [0.15, 0.2) is 0 Å². The number of non-ortho nitro benzene ring substituents is 1. The van der Waals surface area contributed by atoms with E-state index in [0.717, 1.165) is 0 Å². The van der Waals surface area contributed by atoms with Crippen LogP contribution in [0.15, 0.2) is 51.9 Å². The van der Waals surface area contributed by atoms with Gasteiger partial charge in [-0.3, -0.25) is 10.1 Å². The highest BCUT2D eigenvalue weighted by molar-refractivity contribution is 5.99. The van der Waals surface area contributed by atoms with Crippen LogP contribution in [0.1, 0.15) is 45.6 Å². The van der Waals surface area contributed by atoms with E-state index in [1.807, 2.05) is 0 Å². The zero-order valence-electron chi connectivity index (χ0n) is 19.4. The number of carboxylic acid groups (broad SMARTS) is 1. The Balaban J connectivity index is 2.66. The molecule has 1 heterocycles. The molecule has 0 radical (unpaired) electrons. The maximum atomic E-state index is 13.3. The van der Waals surface area contributed by atoms with E-state index in [1.165, 1.54) is 24.3 Å². The molecule has 2 rings (SSSR count). The molecule has 0 bridgehead atoms. The van der Waals surface area contributed by atoms with E-state index in [1.54, 1.807) is 27.7 Å². The summed E-state index contributed by atoms with van der Waals surface area (Å²) in [5.41, 5.74) is 8.41. The number of benzene rings is 1. The SMILES string of the molecule is CCC1=C(C(=O)O)C(c2ccc([N+](=O)[O-])cc2)C(C(=O)OC(C)(C)C)=C(COCCN=[N+]=[N-])N1. The minimum Gasteiger partial charge on any atom is -0.478 e. The Kier molecular flexibility index (Phi) is 8.76. The zero-order chi connectivity index (χ0) is 25.5. The smallest absolute Gasteiger partial charge is 0.337 e. The van der Waals surface area contributed by atoms with Gasteiger partial charge in [0.2, 0.25) is 0 Å². The van der Waals surface area contributed by atoms with Gasteiger partial charge in [0.05, 0.1) is 40.9 Å². The van der Waals surface area contributed by atoms with Crippen LogP contribution < -0.4 is 5.32 Å². The summed E-state index contributed by atoms with van der Waals surface area (Å²) in [6.07, 6.45) is 0.314. The summed E-state index contributed by atoms with van der Waals surface area (Å²) in [4.78, 5) is 38.8. The first-order valence-corrected chi connectivity index (χ1v) is 10.5. The summed E-state index contributed by atoms with van der Waals surface area (Å²) < 4.78 is 11.1. The second-order valence-corrected chi connectivity index (χ2v) is 8.36. The van der Waals surface area contributed by atoms with Crippen molar-refractivity contribution in [2.45, 2.75) is 45.6 Å². The lowest BCUT2D eigenvalue weighted by atomic mass is 9.79. The monoisotopic (exact) mass is 473 g/mol. The third-order valence-corrected chi connectivity index (χ3v) is 4.81. The third kappa shape index (κ3) is 6.56. The number of carbonyl (C=O) groups is 2. The number of nitro benzene ring substituents is 1. The molecule has 0 fully saturated rings. The van der Waals surface area contributed by atoms with Gasteiger partial charge in [0.1, 0.15) is 5.60 Å². The standard InChI is InChI=1S/C22H27N5O7/c1-5-15-18(20(28)29)17(13-6-8-14(9-7-13)27(31)32)19(21(30)34-22(2,3)4)16(25-15)12-33-11-10-24-26-23/h6-9,17,25H,5,10-12H2,1-4H3,(H,28,29). The average Bonchev–Trinajstić information content (AvgIpc) is 2.76. The Labute approximate surface area is 196 Å². The number of dihydropyridines is 1. The molecule has 1 aliphatic heterocycles. The number of carbonyl (C=O) groups excluding carboxylic acids is 1. The molecule has 1 aromatic rings. The molecule has 0 spiro atoms. The Morgan fingerprint density at radius 3 is 2.38 bits per heavy atom. The van der Waals surface area contributed by atoms with Crippen molar-refractivity contribution in [2.75, 3.05) is 19.8 Å². The Bertz CT molecular complexity index is 1060. The minimum atomic E-state index is -1.24. The van der Waals surface area contributed by atoms with Crippen LogP contribution in [0.4, 0.5) is 5.69 Å². The zero-order valence-corrected chi connectivity index (χ0v) is 19.4. The fourth-order valence-corrected chi connectivity index (χ4v) is 3.48. The van der Waals surface area contributed by atoms with Crippen LogP contribution in [0, 0.1) is 10.1 Å². The number of rotatable bonds is 10. The molecule has 1 unspecified atom stereocenters. The lowest BCUT2D eigenvalue weighted by Gasteiger charge is -2.33. The number of nitro groups is 1. The third-order valence-electron chi connectivity index (χ3n) is 4.81. The molecule has 2 N–H and O–H groups in total. The van der Waals surface area contributed by atoms with Crippen molar-refractivity contribution >= 4 is 17.6 Å². The summed E-state index contributed by atoms with van der Waals surface area (Å²) >= 11 is 0. The van der Waals surface area contributed by atoms with Crippen LogP contribution in [-0.4, -0.2) is 47.3 Å². The van der Waals surface area contributed by atoms with Crippen molar-refractivity contribution in [3.63, 3.8) is 0 Å². The highest BCUT2D eigenvalue weighted by Crippen LogP contribution is 2.40. The summed E-state index contributed by atoms with van der Waals surface area (Å²) in [6, 6.07) is 5.36. The van der Waals surface area contributed by atoms with Crippen LogP contribution in [0.3, 0.4) is 0 Å². The van der Waals surface area contributed by atoms with E-state index in [-0.39, 0.29) is 36.6 Å². The molecule has 12 nitrogen and oxygen atoms in total. The van der Waals surface area contributed by atoms with Gasteiger partial charge in [-0.15, -0.1) is 0 Å². The number of azide groups is 1. The molecule has 0 aliphatic carbocycles. The molecule has 182 valence electrons. The fourth-order valence-electron chi connectivity index (χ4n) is 3.48. The number of aliphatic carboxylic acids is 1. The highest BCUT2D eigenvalue weighted by atomic mass is 16.6. The average molecular weight is 473 g/mol. The van der Waals surface area contributed by atoms with Crippen LogP contribution in [0.25, 0.3) is 10.4 Å². The van der Waals surface area contributed by atoms with Gasteiger partial charge in [-0.2, -0.15) is 0 Å². The molecule has 1 aliphatic rings. The number of hydrogen-bond acceptors (Lipinski definition) is 8. The van der Waals surface area contributed by atoms with Crippen LogP contribution in [0.2, 0.25) is 0 Å². The largest absolute Gasteiger partial charge is 0.478 e. The van der Waals surface area contributed by atoms with Crippen LogP contribution in [-0.2, 0) is 19.1 Å². The number of esters is 1. The number of nitrogens with zero attached hydrogens (tertiary/aromatic N) is 4. The van der Waals surface area contributed by atoms with Crippen molar-refractivity contribution in [2.24, 2.45) is 5.11 Å². The van der Waals surface area contributed by atoms with Gasteiger partial charge in [0, 0.05) is 29.3 Å².